The number of amides is 2. The summed E-state index contributed by atoms with van der Waals surface area (Å²) in [4.78, 5) is 26.3. The Balaban J connectivity index is 1.84. The Morgan fingerprint density at radius 2 is 2.04 bits per heavy atom. The van der Waals surface area contributed by atoms with Crippen molar-refractivity contribution < 1.29 is 9.59 Å². The number of carbonyl (C=O) groups is 2. The average Bonchev–Trinajstić information content (AvgIpc) is 2.97. The fraction of sp³-hybridized carbons (Fsp3) is 0.263. The van der Waals surface area contributed by atoms with E-state index in [2.05, 4.69) is 32.9 Å². The molecule has 2 heterocycles. The first-order valence-corrected chi connectivity index (χ1v) is 9.73. The topological polar surface area (TPSA) is 65.0 Å². The minimum Gasteiger partial charge on any atom is -0.298 e. The van der Waals surface area contributed by atoms with Gasteiger partial charge in [-0.05, 0) is 30.8 Å². The predicted molar refractivity (Wildman–Crippen MR) is 112 cm³/mol. The van der Waals surface area contributed by atoms with Crippen LogP contribution in [0.1, 0.15) is 11.1 Å². The van der Waals surface area contributed by atoms with Crippen molar-refractivity contribution in [2.24, 2.45) is 5.10 Å². The smallest absolute Gasteiger partial charge is 0.265 e. The molecule has 6 nitrogen and oxygen atoms in total. The summed E-state index contributed by atoms with van der Waals surface area (Å²) < 4.78 is 0. The number of hydrogen-bond donors (Lipinski definition) is 1. The van der Waals surface area contributed by atoms with Crippen molar-refractivity contribution in [3.05, 3.63) is 59.7 Å². The van der Waals surface area contributed by atoms with Gasteiger partial charge in [0.2, 0.25) is 0 Å². The van der Waals surface area contributed by atoms with Crippen LogP contribution in [0.25, 0.3) is 0 Å². The Morgan fingerprint density at radius 1 is 1.33 bits per heavy atom. The molecule has 1 saturated heterocycles. The van der Waals surface area contributed by atoms with E-state index in [1.165, 1.54) is 10.5 Å². The van der Waals surface area contributed by atoms with Crippen LogP contribution in [0.15, 0.2) is 53.7 Å². The Labute approximate surface area is 171 Å². The number of thiocarbonyl (C=S) groups is 1. The van der Waals surface area contributed by atoms with Gasteiger partial charge in [0.25, 0.3) is 11.8 Å². The molecule has 1 aromatic rings. The summed E-state index contributed by atoms with van der Waals surface area (Å²) in [6, 6.07) is 7.90. The van der Waals surface area contributed by atoms with Crippen LogP contribution in [-0.4, -0.2) is 50.5 Å². The molecule has 27 heavy (non-hydrogen) atoms. The number of rotatable bonds is 5. The van der Waals surface area contributed by atoms with Crippen molar-refractivity contribution in [2.75, 3.05) is 6.54 Å². The van der Waals surface area contributed by atoms with Crippen LogP contribution < -0.4 is 5.32 Å². The second kappa shape index (κ2) is 8.14. The normalized spacial score (nSPS) is 23.9. The standard InChI is InChI=1S/C19H19BrN4O2S/c1-3-8-23-18(26)14(17(25)22-19(23)27)9-16-15(20)10-21-24(16)11-13-6-4-12(2)5-7-13/h3-7,9-10,15-16H,1,8,11H2,2H3,(H,22,25,27)/b14-9+. The molecule has 1 fully saturated rings. The number of nitrogens with zero attached hydrogens (tertiary/aromatic N) is 3. The van der Waals surface area contributed by atoms with Gasteiger partial charge in [0.1, 0.15) is 5.57 Å². The Kier molecular flexibility index (Phi) is 5.86. The molecule has 0 bridgehead atoms. The molecule has 0 saturated carbocycles. The molecule has 1 N–H and O–H groups in total. The lowest BCUT2D eigenvalue weighted by atomic mass is 10.1. The summed E-state index contributed by atoms with van der Waals surface area (Å²) in [5.74, 6) is -0.919. The van der Waals surface area contributed by atoms with E-state index in [0.29, 0.717) is 6.54 Å². The molecule has 0 radical (unpaired) electrons. The molecule has 3 rings (SSSR count). The van der Waals surface area contributed by atoms with Crippen molar-refractivity contribution in [1.82, 2.24) is 15.2 Å². The number of alkyl halides is 1. The molecule has 2 aliphatic rings. The summed E-state index contributed by atoms with van der Waals surface area (Å²) in [6.07, 6.45) is 4.97. The third-order valence-corrected chi connectivity index (χ3v) is 5.43. The number of benzene rings is 1. The van der Waals surface area contributed by atoms with Crippen molar-refractivity contribution >= 4 is 51.3 Å². The summed E-state index contributed by atoms with van der Waals surface area (Å²) in [7, 11) is 0. The highest BCUT2D eigenvalue weighted by Crippen LogP contribution is 2.24. The van der Waals surface area contributed by atoms with Gasteiger partial charge in [-0.1, -0.05) is 51.8 Å². The molecule has 1 aromatic carbocycles. The zero-order valence-corrected chi connectivity index (χ0v) is 17.2. The maximum Gasteiger partial charge on any atom is 0.265 e. The number of halogens is 1. The summed E-state index contributed by atoms with van der Waals surface area (Å²) in [5, 5.41) is 8.92. The molecule has 2 unspecified atom stereocenters. The number of nitrogens with one attached hydrogen (secondary N) is 1. The van der Waals surface area contributed by atoms with E-state index in [1.807, 2.05) is 36.2 Å². The molecule has 0 spiro atoms. The third kappa shape index (κ3) is 4.17. The van der Waals surface area contributed by atoms with Gasteiger partial charge < -0.3 is 0 Å². The maximum atomic E-state index is 12.7. The van der Waals surface area contributed by atoms with Gasteiger partial charge in [0.15, 0.2) is 5.11 Å². The second-order valence-corrected chi connectivity index (χ2v) is 7.77. The SMILES string of the molecule is C=CCN1C(=O)/C(=C/C2C(Br)C=NN2Cc2ccc(C)cc2)C(=O)NC1=S. The zero-order chi connectivity index (χ0) is 19.6. The third-order valence-electron chi connectivity index (χ3n) is 4.33. The van der Waals surface area contributed by atoms with Crippen molar-refractivity contribution in [3.63, 3.8) is 0 Å². The minimum absolute atomic E-state index is 0.0549. The first kappa shape index (κ1) is 19.4. The second-order valence-electron chi connectivity index (χ2n) is 6.33. The largest absolute Gasteiger partial charge is 0.298 e. The number of aryl methyl sites for hydroxylation is 1. The summed E-state index contributed by atoms with van der Waals surface area (Å²) in [5.41, 5.74) is 2.33. The first-order valence-electron chi connectivity index (χ1n) is 8.41. The molecule has 0 aromatic heterocycles. The summed E-state index contributed by atoms with van der Waals surface area (Å²) >= 11 is 8.64. The van der Waals surface area contributed by atoms with E-state index in [9.17, 15) is 9.59 Å². The van der Waals surface area contributed by atoms with Crippen LogP contribution in [0, 0.1) is 6.92 Å². The van der Waals surface area contributed by atoms with Crippen LogP contribution in [0.5, 0.6) is 0 Å². The van der Waals surface area contributed by atoms with E-state index in [4.69, 9.17) is 12.2 Å². The van der Waals surface area contributed by atoms with Gasteiger partial charge in [-0.3, -0.25) is 24.8 Å². The van der Waals surface area contributed by atoms with E-state index in [-0.39, 0.29) is 28.1 Å². The van der Waals surface area contributed by atoms with Gasteiger partial charge in [-0.2, -0.15) is 5.10 Å². The molecule has 0 aliphatic carbocycles. The average molecular weight is 447 g/mol. The molecular weight excluding hydrogens is 428 g/mol. The Hall–Kier alpha value is -2.32. The van der Waals surface area contributed by atoms with Gasteiger partial charge in [-0.25, -0.2) is 0 Å². The van der Waals surface area contributed by atoms with Crippen LogP contribution in [0.3, 0.4) is 0 Å². The number of carbonyl (C=O) groups excluding carboxylic acids is 2. The fourth-order valence-corrected chi connectivity index (χ4v) is 3.64. The van der Waals surface area contributed by atoms with E-state index >= 15 is 0 Å². The van der Waals surface area contributed by atoms with Crippen molar-refractivity contribution in [1.29, 1.82) is 0 Å². The zero-order valence-electron chi connectivity index (χ0n) is 14.8. The number of hydrazone groups is 1. The molecule has 2 atom stereocenters. The first-order chi connectivity index (χ1) is 12.9. The quantitative estimate of drug-likeness (QED) is 0.247. The van der Waals surface area contributed by atoms with Crippen molar-refractivity contribution in [2.45, 2.75) is 24.3 Å². The van der Waals surface area contributed by atoms with Crippen LogP contribution >= 0.6 is 28.1 Å². The van der Waals surface area contributed by atoms with Crippen LogP contribution in [0.2, 0.25) is 0 Å². The molecule has 2 aliphatic heterocycles. The van der Waals surface area contributed by atoms with Gasteiger partial charge in [-0.15, -0.1) is 6.58 Å². The lowest BCUT2D eigenvalue weighted by Gasteiger charge is -2.29. The highest BCUT2D eigenvalue weighted by atomic mass is 79.9. The van der Waals surface area contributed by atoms with Gasteiger partial charge >= 0.3 is 0 Å². The molecule has 140 valence electrons. The monoisotopic (exact) mass is 446 g/mol. The lowest BCUT2D eigenvalue weighted by molar-refractivity contribution is -0.128. The van der Waals surface area contributed by atoms with Crippen LogP contribution in [0.4, 0.5) is 0 Å². The van der Waals surface area contributed by atoms with E-state index in [1.54, 1.807) is 18.4 Å². The molecule has 8 heteroatoms. The summed E-state index contributed by atoms with van der Waals surface area (Å²) in [6.45, 7) is 6.47. The van der Waals surface area contributed by atoms with Gasteiger partial charge in [0, 0.05) is 12.8 Å². The minimum atomic E-state index is -0.493. The van der Waals surface area contributed by atoms with Gasteiger partial charge in [0.05, 0.1) is 17.4 Å². The van der Waals surface area contributed by atoms with Crippen molar-refractivity contribution in [3.8, 4) is 0 Å². The number of hydrogen-bond acceptors (Lipinski definition) is 5. The highest BCUT2D eigenvalue weighted by molar-refractivity contribution is 9.10. The fourth-order valence-electron chi connectivity index (χ4n) is 2.86. The highest BCUT2D eigenvalue weighted by Gasteiger charge is 2.36. The predicted octanol–water partition coefficient (Wildman–Crippen LogP) is 2.28. The Morgan fingerprint density at radius 3 is 2.70 bits per heavy atom. The lowest BCUT2D eigenvalue weighted by Crippen LogP contribution is -2.54. The van der Waals surface area contributed by atoms with E-state index < -0.39 is 11.8 Å². The van der Waals surface area contributed by atoms with Crippen LogP contribution in [-0.2, 0) is 16.1 Å². The maximum absolute atomic E-state index is 12.7. The molecular formula is C19H19BrN4O2S. The van der Waals surface area contributed by atoms with E-state index in [0.717, 1.165) is 5.56 Å². The Bertz CT molecular complexity index is 850. The molecule has 2 amide bonds.